The largest absolute Gasteiger partial charge is 0.497 e. The SMILES string of the molecule is COCC(=O)N1CCOCC(Cc2cccc(OC)c2)C1. The molecule has 1 aromatic carbocycles. The standard InChI is InChI=1S/C16H23NO4/c1-19-12-16(18)17-6-7-21-11-14(10-17)8-13-4-3-5-15(9-13)20-2/h3-5,9,14H,6-8,10-12H2,1-2H3. The van der Waals surface area contributed by atoms with Crippen LogP contribution in [0.5, 0.6) is 5.75 Å². The van der Waals surface area contributed by atoms with Gasteiger partial charge in [-0.2, -0.15) is 0 Å². The summed E-state index contributed by atoms with van der Waals surface area (Å²) < 4.78 is 15.8. The van der Waals surface area contributed by atoms with E-state index in [1.807, 2.05) is 23.1 Å². The maximum Gasteiger partial charge on any atom is 0.248 e. The van der Waals surface area contributed by atoms with E-state index in [1.165, 1.54) is 5.56 Å². The summed E-state index contributed by atoms with van der Waals surface area (Å²) in [5.74, 6) is 1.17. The molecular formula is C16H23NO4. The zero-order valence-corrected chi connectivity index (χ0v) is 12.7. The van der Waals surface area contributed by atoms with E-state index >= 15 is 0 Å². The molecule has 21 heavy (non-hydrogen) atoms. The Balaban J connectivity index is 1.99. The number of amides is 1. The Labute approximate surface area is 125 Å². The van der Waals surface area contributed by atoms with Crippen LogP contribution in [0.3, 0.4) is 0 Å². The second-order valence-corrected chi connectivity index (χ2v) is 5.27. The predicted octanol–water partition coefficient (Wildman–Crippen LogP) is 1.36. The van der Waals surface area contributed by atoms with Crippen LogP contribution in [-0.4, -0.2) is 57.9 Å². The second-order valence-electron chi connectivity index (χ2n) is 5.27. The van der Waals surface area contributed by atoms with Crippen molar-refractivity contribution >= 4 is 5.91 Å². The lowest BCUT2D eigenvalue weighted by Gasteiger charge is -2.23. The Kier molecular flexibility index (Phi) is 6.02. The van der Waals surface area contributed by atoms with Gasteiger partial charge in [0.15, 0.2) is 0 Å². The lowest BCUT2D eigenvalue weighted by molar-refractivity contribution is -0.135. The highest BCUT2D eigenvalue weighted by molar-refractivity contribution is 5.77. The van der Waals surface area contributed by atoms with Gasteiger partial charge in [0.2, 0.25) is 5.91 Å². The van der Waals surface area contributed by atoms with Gasteiger partial charge in [-0.1, -0.05) is 12.1 Å². The fraction of sp³-hybridized carbons (Fsp3) is 0.562. The molecule has 0 saturated carbocycles. The van der Waals surface area contributed by atoms with Crippen molar-refractivity contribution in [2.24, 2.45) is 5.92 Å². The van der Waals surface area contributed by atoms with Crippen LogP contribution in [-0.2, 0) is 20.7 Å². The summed E-state index contributed by atoms with van der Waals surface area (Å²) in [5.41, 5.74) is 1.20. The van der Waals surface area contributed by atoms with Crippen molar-refractivity contribution in [2.45, 2.75) is 6.42 Å². The lowest BCUT2D eigenvalue weighted by atomic mass is 9.99. The molecule has 2 rings (SSSR count). The number of hydrogen-bond acceptors (Lipinski definition) is 4. The molecule has 0 N–H and O–H groups in total. The third-order valence-electron chi connectivity index (χ3n) is 3.62. The molecule has 1 amide bonds. The van der Waals surface area contributed by atoms with E-state index in [9.17, 15) is 4.79 Å². The van der Waals surface area contributed by atoms with Crippen molar-refractivity contribution in [3.05, 3.63) is 29.8 Å². The van der Waals surface area contributed by atoms with Crippen molar-refractivity contribution in [3.63, 3.8) is 0 Å². The number of methoxy groups -OCH3 is 2. The van der Waals surface area contributed by atoms with Gasteiger partial charge in [0.05, 0.1) is 20.3 Å². The maximum absolute atomic E-state index is 12.0. The first-order chi connectivity index (χ1) is 10.2. The monoisotopic (exact) mass is 293 g/mol. The average Bonchev–Trinajstić information content (AvgIpc) is 2.73. The summed E-state index contributed by atoms with van der Waals surface area (Å²) in [5, 5.41) is 0. The second kappa shape index (κ2) is 8.00. The molecule has 1 fully saturated rings. The van der Waals surface area contributed by atoms with Crippen LogP contribution < -0.4 is 4.74 Å². The van der Waals surface area contributed by atoms with Crippen LogP contribution in [0.2, 0.25) is 0 Å². The fourth-order valence-corrected chi connectivity index (χ4v) is 2.58. The predicted molar refractivity (Wildman–Crippen MR) is 79.5 cm³/mol. The first kappa shape index (κ1) is 15.8. The summed E-state index contributed by atoms with van der Waals surface area (Å²) in [6, 6.07) is 8.03. The molecule has 5 nitrogen and oxygen atoms in total. The first-order valence-corrected chi connectivity index (χ1v) is 7.20. The number of hydrogen-bond donors (Lipinski definition) is 0. The normalized spacial score (nSPS) is 19.1. The zero-order valence-electron chi connectivity index (χ0n) is 12.7. The summed E-state index contributed by atoms with van der Waals surface area (Å²) in [6.45, 7) is 2.74. The lowest BCUT2D eigenvalue weighted by Crippen LogP contribution is -2.38. The highest BCUT2D eigenvalue weighted by atomic mass is 16.5. The van der Waals surface area contributed by atoms with Gasteiger partial charge in [-0.05, 0) is 24.1 Å². The molecule has 1 aliphatic heterocycles. The number of carbonyl (C=O) groups is 1. The van der Waals surface area contributed by atoms with E-state index in [-0.39, 0.29) is 12.5 Å². The van der Waals surface area contributed by atoms with Crippen LogP contribution in [0, 0.1) is 5.92 Å². The average molecular weight is 293 g/mol. The number of nitrogens with zero attached hydrogens (tertiary/aromatic N) is 1. The molecule has 116 valence electrons. The van der Waals surface area contributed by atoms with Crippen LogP contribution in [0.4, 0.5) is 0 Å². The highest BCUT2D eigenvalue weighted by Gasteiger charge is 2.22. The van der Waals surface area contributed by atoms with Crippen molar-refractivity contribution < 1.29 is 19.0 Å². The van der Waals surface area contributed by atoms with Gasteiger partial charge in [0.25, 0.3) is 0 Å². The Hall–Kier alpha value is -1.59. The topological polar surface area (TPSA) is 48.0 Å². The number of carbonyl (C=O) groups excluding carboxylic acids is 1. The molecule has 0 aromatic heterocycles. The Morgan fingerprint density at radius 2 is 2.29 bits per heavy atom. The van der Waals surface area contributed by atoms with Crippen molar-refractivity contribution in [1.82, 2.24) is 4.90 Å². The summed E-state index contributed by atoms with van der Waals surface area (Å²) in [4.78, 5) is 13.8. The van der Waals surface area contributed by atoms with Crippen LogP contribution in [0.1, 0.15) is 5.56 Å². The molecule has 0 bridgehead atoms. The van der Waals surface area contributed by atoms with E-state index in [0.717, 1.165) is 12.2 Å². The molecule has 1 aliphatic rings. The minimum Gasteiger partial charge on any atom is -0.497 e. The van der Waals surface area contributed by atoms with Gasteiger partial charge in [0, 0.05) is 26.1 Å². The van der Waals surface area contributed by atoms with E-state index in [2.05, 4.69) is 6.07 Å². The van der Waals surface area contributed by atoms with E-state index < -0.39 is 0 Å². The first-order valence-electron chi connectivity index (χ1n) is 7.20. The van der Waals surface area contributed by atoms with Crippen molar-refractivity contribution in [2.75, 3.05) is 47.1 Å². The molecule has 0 radical (unpaired) electrons. The van der Waals surface area contributed by atoms with E-state index in [0.29, 0.717) is 32.2 Å². The van der Waals surface area contributed by atoms with Crippen LogP contribution in [0.25, 0.3) is 0 Å². The Morgan fingerprint density at radius 3 is 3.05 bits per heavy atom. The number of benzene rings is 1. The van der Waals surface area contributed by atoms with Crippen molar-refractivity contribution in [3.8, 4) is 5.75 Å². The summed E-state index contributed by atoms with van der Waals surface area (Å²) in [7, 11) is 3.21. The maximum atomic E-state index is 12.0. The quantitative estimate of drug-likeness (QED) is 0.822. The zero-order chi connectivity index (χ0) is 15.1. The van der Waals surface area contributed by atoms with Gasteiger partial charge in [0.1, 0.15) is 12.4 Å². The molecule has 1 unspecified atom stereocenters. The smallest absolute Gasteiger partial charge is 0.248 e. The molecule has 5 heteroatoms. The van der Waals surface area contributed by atoms with E-state index in [4.69, 9.17) is 14.2 Å². The molecule has 1 atom stereocenters. The van der Waals surface area contributed by atoms with Gasteiger partial charge in [-0.25, -0.2) is 0 Å². The Bertz CT molecular complexity index is 463. The van der Waals surface area contributed by atoms with Crippen LogP contribution in [0.15, 0.2) is 24.3 Å². The van der Waals surface area contributed by atoms with Crippen LogP contribution >= 0.6 is 0 Å². The van der Waals surface area contributed by atoms with Crippen molar-refractivity contribution in [1.29, 1.82) is 0 Å². The molecular weight excluding hydrogens is 270 g/mol. The number of ether oxygens (including phenoxy) is 3. The summed E-state index contributed by atoms with van der Waals surface area (Å²) >= 11 is 0. The molecule has 1 heterocycles. The van der Waals surface area contributed by atoms with Gasteiger partial charge in [-0.15, -0.1) is 0 Å². The molecule has 1 aromatic rings. The van der Waals surface area contributed by atoms with Gasteiger partial charge in [-0.3, -0.25) is 4.79 Å². The molecule has 1 saturated heterocycles. The van der Waals surface area contributed by atoms with E-state index in [1.54, 1.807) is 14.2 Å². The van der Waals surface area contributed by atoms with Gasteiger partial charge < -0.3 is 19.1 Å². The number of rotatable bonds is 5. The fourth-order valence-electron chi connectivity index (χ4n) is 2.58. The third-order valence-corrected chi connectivity index (χ3v) is 3.62. The van der Waals surface area contributed by atoms with Gasteiger partial charge >= 0.3 is 0 Å². The third kappa shape index (κ3) is 4.72. The minimum absolute atomic E-state index is 0.0265. The Morgan fingerprint density at radius 1 is 1.43 bits per heavy atom. The highest BCUT2D eigenvalue weighted by Crippen LogP contribution is 2.18. The summed E-state index contributed by atoms with van der Waals surface area (Å²) in [6.07, 6.45) is 0.869. The minimum atomic E-state index is 0.0265. The molecule has 0 spiro atoms. The molecule has 0 aliphatic carbocycles.